The van der Waals surface area contributed by atoms with Crippen molar-refractivity contribution in [3.63, 3.8) is 0 Å². The lowest BCUT2D eigenvalue weighted by Gasteiger charge is -2.12. The predicted octanol–water partition coefficient (Wildman–Crippen LogP) is 2.46. The van der Waals surface area contributed by atoms with E-state index in [1.54, 1.807) is 18.2 Å². The van der Waals surface area contributed by atoms with Crippen molar-refractivity contribution in [2.75, 3.05) is 26.6 Å². The smallest absolute Gasteiger partial charge is 0.333 e. The molecule has 0 saturated carbocycles. The van der Waals surface area contributed by atoms with Crippen molar-refractivity contribution in [1.29, 1.82) is 0 Å². The van der Waals surface area contributed by atoms with Gasteiger partial charge < -0.3 is 24.5 Å². The van der Waals surface area contributed by atoms with Crippen molar-refractivity contribution >= 4 is 23.2 Å². The van der Waals surface area contributed by atoms with Crippen LogP contribution in [0.25, 0.3) is 5.69 Å². The van der Waals surface area contributed by atoms with Gasteiger partial charge in [0.05, 0.1) is 32.7 Å². The van der Waals surface area contributed by atoms with Gasteiger partial charge in [0, 0.05) is 17.3 Å². The van der Waals surface area contributed by atoms with Crippen molar-refractivity contribution in [3.05, 3.63) is 74.0 Å². The van der Waals surface area contributed by atoms with Crippen LogP contribution < -0.4 is 30.8 Å². The predicted molar refractivity (Wildman–Crippen MR) is 112 cm³/mol. The van der Waals surface area contributed by atoms with Crippen LogP contribution in [0.1, 0.15) is 10.4 Å². The molecule has 2 aromatic carbocycles. The second kappa shape index (κ2) is 8.75. The molecule has 156 valence electrons. The molecule has 0 spiro atoms. The molecule has 1 aromatic heterocycles. The quantitative estimate of drug-likeness (QED) is 0.620. The number of carbonyl (C=O) groups is 1. The van der Waals surface area contributed by atoms with E-state index in [0.29, 0.717) is 22.3 Å². The van der Waals surface area contributed by atoms with Crippen LogP contribution in [-0.4, -0.2) is 36.8 Å². The molecule has 0 atom stereocenters. The second-order valence-corrected chi connectivity index (χ2v) is 6.42. The zero-order chi connectivity index (χ0) is 21.8. The molecule has 2 N–H and O–H groups in total. The molecule has 3 rings (SSSR count). The Hall–Kier alpha value is -3.72. The molecular weight excluding hydrogens is 414 g/mol. The van der Waals surface area contributed by atoms with Gasteiger partial charge >= 0.3 is 5.69 Å². The van der Waals surface area contributed by atoms with E-state index in [2.05, 4.69) is 10.3 Å². The minimum Gasteiger partial charge on any atom is -0.495 e. The Morgan fingerprint density at radius 1 is 0.967 bits per heavy atom. The van der Waals surface area contributed by atoms with Crippen LogP contribution in [0.4, 0.5) is 5.69 Å². The van der Waals surface area contributed by atoms with Crippen LogP contribution in [0.15, 0.2) is 52.2 Å². The number of amides is 1. The average Bonchev–Trinajstić information content (AvgIpc) is 2.73. The first kappa shape index (κ1) is 21.0. The van der Waals surface area contributed by atoms with E-state index >= 15 is 0 Å². The van der Waals surface area contributed by atoms with E-state index in [4.69, 9.17) is 25.8 Å². The van der Waals surface area contributed by atoms with Gasteiger partial charge in [-0.3, -0.25) is 9.59 Å². The highest BCUT2D eigenvalue weighted by Gasteiger charge is 2.18. The van der Waals surface area contributed by atoms with Crippen LogP contribution in [0.2, 0.25) is 5.02 Å². The molecule has 0 bridgehead atoms. The van der Waals surface area contributed by atoms with E-state index in [9.17, 15) is 14.4 Å². The highest BCUT2D eigenvalue weighted by molar-refractivity contribution is 6.31. The lowest BCUT2D eigenvalue weighted by molar-refractivity contribution is 0.102. The molecule has 1 heterocycles. The number of aromatic nitrogens is 2. The van der Waals surface area contributed by atoms with Gasteiger partial charge in [-0.25, -0.2) is 9.36 Å². The third kappa shape index (κ3) is 4.01. The maximum Gasteiger partial charge on any atom is 0.333 e. The van der Waals surface area contributed by atoms with E-state index in [-0.39, 0.29) is 16.9 Å². The summed E-state index contributed by atoms with van der Waals surface area (Å²) in [6.45, 7) is 0. The molecule has 0 fully saturated rings. The lowest BCUT2D eigenvalue weighted by Crippen LogP contribution is -2.38. The maximum atomic E-state index is 13.0. The van der Waals surface area contributed by atoms with E-state index in [1.807, 2.05) is 0 Å². The van der Waals surface area contributed by atoms with Crippen molar-refractivity contribution in [2.24, 2.45) is 0 Å². The van der Waals surface area contributed by atoms with Crippen molar-refractivity contribution in [3.8, 4) is 22.9 Å². The summed E-state index contributed by atoms with van der Waals surface area (Å²) in [6, 6.07) is 9.16. The molecule has 10 heteroatoms. The number of ether oxygens (including phenoxy) is 3. The molecule has 30 heavy (non-hydrogen) atoms. The zero-order valence-electron chi connectivity index (χ0n) is 16.3. The minimum absolute atomic E-state index is 0.203. The van der Waals surface area contributed by atoms with Gasteiger partial charge in [-0.15, -0.1) is 0 Å². The Kier molecular flexibility index (Phi) is 6.12. The minimum atomic E-state index is -0.815. The fourth-order valence-electron chi connectivity index (χ4n) is 2.80. The number of rotatable bonds is 6. The Morgan fingerprint density at radius 2 is 1.63 bits per heavy atom. The summed E-state index contributed by atoms with van der Waals surface area (Å²) in [5.74, 6) is 0.357. The van der Waals surface area contributed by atoms with Crippen LogP contribution in [0.3, 0.4) is 0 Å². The van der Waals surface area contributed by atoms with Crippen molar-refractivity contribution < 1.29 is 19.0 Å². The molecule has 3 aromatic rings. The number of nitrogens with zero attached hydrogens (tertiary/aromatic N) is 1. The Labute approximate surface area is 175 Å². The molecule has 0 saturated heterocycles. The molecule has 1 amide bonds. The van der Waals surface area contributed by atoms with Gasteiger partial charge in [-0.2, -0.15) is 0 Å². The van der Waals surface area contributed by atoms with Gasteiger partial charge in [0.1, 0.15) is 11.3 Å². The van der Waals surface area contributed by atoms with Crippen molar-refractivity contribution in [1.82, 2.24) is 9.55 Å². The summed E-state index contributed by atoms with van der Waals surface area (Å²) < 4.78 is 16.4. The highest BCUT2D eigenvalue weighted by atomic mass is 35.5. The summed E-state index contributed by atoms with van der Waals surface area (Å²) in [4.78, 5) is 40.4. The molecule has 0 aliphatic heterocycles. The topological polar surface area (TPSA) is 112 Å². The Bertz CT molecular complexity index is 1220. The first-order valence-corrected chi connectivity index (χ1v) is 8.99. The normalized spacial score (nSPS) is 10.4. The number of anilines is 1. The Balaban J connectivity index is 2.05. The van der Waals surface area contributed by atoms with Crippen LogP contribution >= 0.6 is 11.6 Å². The van der Waals surface area contributed by atoms with E-state index in [0.717, 1.165) is 10.8 Å². The monoisotopic (exact) mass is 431 g/mol. The first-order chi connectivity index (χ1) is 14.4. The number of benzene rings is 2. The molecular formula is C20H18ClN3O6. The summed E-state index contributed by atoms with van der Waals surface area (Å²) >= 11 is 5.97. The fourth-order valence-corrected chi connectivity index (χ4v) is 2.97. The summed E-state index contributed by atoms with van der Waals surface area (Å²) in [7, 11) is 4.32. The summed E-state index contributed by atoms with van der Waals surface area (Å²) in [5.41, 5.74) is -1.34. The number of nitrogens with one attached hydrogen (secondary N) is 2. The summed E-state index contributed by atoms with van der Waals surface area (Å²) in [6.07, 6.45) is 1.05. The van der Waals surface area contributed by atoms with Crippen molar-refractivity contribution in [2.45, 2.75) is 0 Å². The number of carbonyl (C=O) groups excluding carboxylic acids is 1. The van der Waals surface area contributed by atoms with Crippen LogP contribution in [0.5, 0.6) is 17.2 Å². The van der Waals surface area contributed by atoms with Gasteiger partial charge in [-0.1, -0.05) is 11.6 Å². The zero-order valence-corrected chi connectivity index (χ0v) is 17.1. The third-order valence-corrected chi connectivity index (χ3v) is 4.49. The molecule has 0 unspecified atom stereocenters. The van der Waals surface area contributed by atoms with E-state index in [1.165, 1.54) is 39.5 Å². The number of halogens is 1. The maximum absolute atomic E-state index is 13.0. The van der Waals surface area contributed by atoms with E-state index < -0.39 is 17.2 Å². The van der Waals surface area contributed by atoms with Crippen LogP contribution in [-0.2, 0) is 0 Å². The number of hydrogen-bond donors (Lipinski definition) is 2. The molecule has 0 radical (unpaired) electrons. The van der Waals surface area contributed by atoms with Gasteiger partial charge in [0.2, 0.25) is 0 Å². The SMILES string of the molecule is COc1ccc(Cl)cc1NC(=O)c1c[nH]c(=O)n(-c2ccc(OC)c(OC)c2)c1=O. The first-order valence-electron chi connectivity index (χ1n) is 8.61. The standard InChI is InChI=1S/C20H18ClN3O6/c1-28-15-6-4-11(21)8-14(15)23-18(25)13-10-22-20(27)24(19(13)26)12-5-7-16(29-2)17(9-12)30-3/h4-10H,1-3H3,(H,22,27)(H,23,25). The average molecular weight is 432 g/mol. The largest absolute Gasteiger partial charge is 0.495 e. The third-order valence-electron chi connectivity index (χ3n) is 4.26. The number of hydrogen-bond acceptors (Lipinski definition) is 6. The molecule has 0 aliphatic carbocycles. The van der Waals surface area contributed by atoms with Gasteiger partial charge in [0.15, 0.2) is 11.5 Å². The summed E-state index contributed by atoms with van der Waals surface area (Å²) in [5, 5.41) is 2.94. The number of H-pyrrole nitrogens is 1. The Morgan fingerprint density at radius 3 is 2.30 bits per heavy atom. The highest BCUT2D eigenvalue weighted by Crippen LogP contribution is 2.29. The molecule has 9 nitrogen and oxygen atoms in total. The molecule has 0 aliphatic rings. The van der Waals surface area contributed by atoms with Gasteiger partial charge in [-0.05, 0) is 30.3 Å². The lowest BCUT2D eigenvalue weighted by atomic mass is 10.2. The fraction of sp³-hybridized carbons (Fsp3) is 0.150. The number of aromatic amines is 1. The second-order valence-electron chi connectivity index (χ2n) is 5.99. The number of methoxy groups -OCH3 is 3. The van der Waals surface area contributed by atoms with Crippen LogP contribution in [0, 0.1) is 0 Å². The van der Waals surface area contributed by atoms with Gasteiger partial charge in [0.25, 0.3) is 11.5 Å².